The highest BCUT2D eigenvalue weighted by molar-refractivity contribution is 7.07. The normalized spacial score (nSPS) is 12.1. The van der Waals surface area contributed by atoms with Crippen molar-refractivity contribution in [3.05, 3.63) is 72.6 Å². The van der Waals surface area contributed by atoms with E-state index in [2.05, 4.69) is 4.98 Å². The van der Waals surface area contributed by atoms with Gasteiger partial charge in [0.2, 0.25) is 5.75 Å². The van der Waals surface area contributed by atoms with Crippen molar-refractivity contribution in [2.45, 2.75) is 6.92 Å². The van der Waals surface area contributed by atoms with Gasteiger partial charge in [0.05, 0.1) is 30.5 Å². The molecule has 0 fully saturated rings. The lowest BCUT2D eigenvalue weighted by molar-refractivity contribution is 0.106. The second-order valence-corrected chi connectivity index (χ2v) is 7.35. The van der Waals surface area contributed by atoms with Gasteiger partial charge in [-0.3, -0.25) is 9.59 Å². The number of nitrogens with one attached hydrogen (secondary N) is 1. The number of aromatic amines is 1. The number of benzene rings is 2. The van der Waals surface area contributed by atoms with Gasteiger partial charge < -0.3 is 19.2 Å². The third-order valence-corrected chi connectivity index (χ3v) is 5.23. The molecule has 1 N–H and O–H groups in total. The van der Waals surface area contributed by atoms with Crippen molar-refractivity contribution in [3.8, 4) is 17.2 Å². The minimum Gasteiger partial charge on any atom is -0.493 e. The number of aryl methyl sites for hydroxylation is 1. The number of hydrogen-bond donors (Lipinski definition) is 1. The van der Waals surface area contributed by atoms with Crippen LogP contribution in [0.3, 0.4) is 0 Å². The summed E-state index contributed by atoms with van der Waals surface area (Å²) in [7, 11) is 4.59. The first-order chi connectivity index (χ1) is 13.9. The Balaban J connectivity index is 2.02. The van der Waals surface area contributed by atoms with Gasteiger partial charge in [0, 0.05) is 11.6 Å². The van der Waals surface area contributed by atoms with Crippen LogP contribution in [0.5, 0.6) is 17.2 Å². The Morgan fingerprint density at radius 3 is 2.17 bits per heavy atom. The lowest BCUT2D eigenvalue weighted by Crippen LogP contribution is -2.20. The average Bonchev–Trinajstić information content (AvgIpc) is 3.06. The average molecular weight is 411 g/mol. The van der Waals surface area contributed by atoms with Crippen LogP contribution in [0.15, 0.2) is 41.2 Å². The number of carbonyl (C=O) groups is 1. The summed E-state index contributed by atoms with van der Waals surface area (Å²) in [5.74, 6) is 1.30. The van der Waals surface area contributed by atoms with Crippen LogP contribution in [-0.4, -0.2) is 32.1 Å². The fourth-order valence-electron chi connectivity index (χ4n) is 2.78. The molecule has 7 heteroatoms. The Morgan fingerprint density at radius 1 is 1.00 bits per heavy atom. The van der Waals surface area contributed by atoms with Crippen molar-refractivity contribution in [3.63, 3.8) is 0 Å². The lowest BCUT2D eigenvalue weighted by atomic mass is 10.1. The van der Waals surface area contributed by atoms with Crippen molar-refractivity contribution in [2.24, 2.45) is 0 Å². The molecule has 0 amide bonds. The summed E-state index contributed by atoms with van der Waals surface area (Å²) >= 11 is 1.20. The van der Waals surface area contributed by atoms with Gasteiger partial charge >= 0.3 is 0 Å². The van der Waals surface area contributed by atoms with E-state index in [0.29, 0.717) is 37.6 Å². The smallest absolute Gasteiger partial charge is 0.266 e. The Hall–Kier alpha value is -3.32. The van der Waals surface area contributed by atoms with Crippen LogP contribution in [0, 0.1) is 6.92 Å². The van der Waals surface area contributed by atoms with E-state index in [1.54, 1.807) is 30.3 Å². The summed E-state index contributed by atoms with van der Waals surface area (Å²) in [5, 5.41) is 0. The lowest BCUT2D eigenvalue weighted by Gasteiger charge is -2.12. The zero-order valence-corrected chi connectivity index (χ0v) is 17.4. The fourth-order valence-corrected chi connectivity index (χ4v) is 3.67. The van der Waals surface area contributed by atoms with E-state index in [0.717, 1.165) is 5.56 Å². The summed E-state index contributed by atoms with van der Waals surface area (Å²) in [5.41, 5.74) is 2.09. The number of ketones is 1. The Bertz CT molecular complexity index is 1180. The van der Waals surface area contributed by atoms with Gasteiger partial charge in [0.25, 0.3) is 5.56 Å². The van der Waals surface area contributed by atoms with Crippen LogP contribution >= 0.6 is 11.3 Å². The van der Waals surface area contributed by atoms with Crippen molar-refractivity contribution in [1.29, 1.82) is 0 Å². The molecule has 0 bridgehead atoms. The second kappa shape index (κ2) is 8.79. The molecular weight excluding hydrogens is 390 g/mol. The van der Waals surface area contributed by atoms with Crippen LogP contribution in [0.25, 0.3) is 12.2 Å². The van der Waals surface area contributed by atoms with Crippen LogP contribution in [0.4, 0.5) is 0 Å². The van der Waals surface area contributed by atoms with Gasteiger partial charge in [-0.25, -0.2) is 0 Å². The summed E-state index contributed by atoms with van der Waals surface area (Å²) in [4.78, 5) is 27.5. The van der Waals surface area contributed by atoms with Gasteiger partial charge in [-0.2, -0.15) is 0 Å². The number of carbonyl (C=O) groups excluding carboxylic acids is 1. The maximum absolute atomic E-state index is 12.4. The first-order valence-corrected chi connectivity index (χ1v) is 9.60. The zero-order valence-electron chi connectivity index (χ0n) is 16.6. The zero-order chi connectivity index (χ0) is 21.0. The van der Waals surface area contributed by atoms with Gasteiger partial charge in [0.15, 0.2) is 17.3 Å². The molecular formula is C22H21NO5S. The molecule has 0 aliphatic rings. The van der Waals surface area contributed by atoms with E-state index in [4.69, 9.17) is 14.2 Å². The van der Waals surface area contributed by atoms with Gasteiger partial charge in [0.1, 0.15) is 0 Å². The molecule has 2 aromatic carbocycles. The monoisotopic (exact) mass is 411 g/mol. The highest BCUT2D eigenvalue weighted by Gasteiger charge is 2.12. The minimum absolute atomic E-state index is 0.165. The molecule has 0 saturated heterocycles. The van der Waals surface area contributed by atoms with E-state index in [1.807, 2.05) is 19.1 Å². The third-order valence-electron chi connectivity index (χ3n) is 4.26. The first kappa shape index (κ1) is 20.4. The van der Waals surface area contributed by atoms with Crippen molar-refractivity contribution >= 4 is 29.3 Å². The summed E-state index contributed by atoms with van der Waals surface area (Å²) in [6.45, 7) is 1.96. The largest absolute Gasteiger partial charge is 0.493 e. The fraction of sp³-hybridized carbons (Fsp3) is 0.182. The predicted octanol–water partition coefficient (Wildman–Crippen LogP) is 2.26. The second-order valence-electron chi connectivity index (χ2n) is 6.26. The number of H-pyrrole nitrogens is 1. The van der Waals surface area contributed by atoms with E-state index < -0.39 is 0 Å². The molecule has 3 aromatic rings. The van der Waals surface area contributed by atoms with E-state index >= 15 is 0 Å². The predicted molar refractivity (Wildman–Crippen MR) is 114 cm³/mol. The van der Waals surface area contributed by atoms with Crippen LogP contribution in [0.2, 0.25) is 0 Å². The van der Waals surface area contributed by atoms with Crippen molar-refractivity contribution in [2.75, 3.05) is 21.3 Å². The first-order valence-electron chi connectivity index (χ1n) is 8.78. The summed E-state index contributed by atoms with van der Waals surface area (Å²) in [6, 6.07) is 10.8. The number of hydrogen-bond acceptors (Lipinski definition) is 6. The number of aromatic nitrogens is 1. The highest BCUT2D eigenvalue weighted by atomic mass is 32.1. The quantitative estimate of drug-likeness (QED) is 0.630. The molecule has 150 valence electrons. The maximum atomic E-state index is 12.4. The van der Waals surface area contributed by atoms with Crippen molar-refractivity contribution < 1.29 is 19.0 Å². The van der Waals surface area contributed by atoms with Crippen molar-refractivity contribution in [1.82, 2.24) is 4.98 Å². The molecule has 0 aliphatic heterocycles. The van der Waals surface area contributed by atoms with Gasteiger partial charge in [-0.05, 0) is 30.7 Å². The van der Waals surface area contributed by atoms with Gasteiger partial charge in [-0.15, -0.1) is 11.3 Å². The Labute approximate surface area is 171 Å². The number of thiazole rings is 1. The maximum Gasteiger partial charge on any atom is 0.266 e. The summed E-state index contributed by atoms with van der Waals surface area (Å²) < 4.78 is 16.9. The molecule has 0 radical (unpaired) electrons. The molecule has 29 heavy (non-hydrogen) atoms. The molecule has 0 unspecified atom stereocenters. The molecule has 0 saturated carbocycles. The molecule has 0 aliphatic carbocycles. The van der Waals surface area contributed by atoms with E-state index in [9.17, 15) is 9.59 Å². The summed E-state index contributed by atoms with van der Waals surface area (Å²) in [6.07, 6.45) is 3.14. The Kier molecular flexibility index (Phi) is 6.19. The van der Waals surface area contributed by atoms with E-state index in [-0.39, 0.29) is 11.3 Å². The number of rotatable bonds is 6. The number of ether oxygens (including phenoxy) is 3. The minimum atomic E-state index is -0.272. The van der Waals surface area contributed by atoms with Crippen LogP contribution in [0.1, 0.15) is 21.5 Å². The van der Waals surface area contributed by atoms with Crippen LogP contribution < -0.4 is 29.0 Å². The Morgan fingerprint density at radius 2 is 1.62 bits per heavy atom. The molecule has 1 heterocycles. The SMILES string of the molecule is COc1cc(C=c2sc(=CC(=O)c3ccc(C)cc3)[nH]c2=O)cc(OC)c1OC. The third kappa shape index (κ3) is 4.57. The highest BCUT2D eigenvalue weighted by Crippen LogP contribution is 2.38. The molecule has 0 spiro atoms. The van der Waals surface area contributed by atoms with E-state index in [1.165, 1.54) is 38.7 Å². The van der Waals surface area contributed by atoms with Crippen LogP contribution in [-0.2, 0) is 0 Å². The standard InChI is InChI=1S/C22H21NO5S/c1-13-5-7-15(8-6-13)16(24)12-20-23-22(25)19(29-20)11-14-9-17(26-2)21(28-4)18(10-14)27-3/h5-12H,1-4H3,(H,23,25). The van der Waals surface area contributed by atoms with Gasteiger partial charge in [-0.1, -0.05) is 29.8 Å². The number of methoxy groups -OCH3 is 3. The molecule has 1 aromatic heterocycles. The molecule has 6 nitrogen and oxygen atoms in total. The molecule has 0 atom stereocenters. The number of Topliss-reactive ketones (excluding diaryl/α,β-unsaturated/α-hetero) is 1. The topological polar surface area (TPSA) is 77.6 Å². The molecule has 3 rings (SSSR count).